The van der Waals surface area contributed by atoms with E-state index in [4.69, 9.17) is 5.73 Å². The summed E-state index contributed by atoms with van der Waals surface area (Å²) in [7, 11) is 0. The minimum atomic E-state index is 0.338. The highest BCUT2D eigenvalue weighted by Crippen LogP contribution is 2.29. The molecule has 3 nitrogen and oxygen atoms in total. The third kappa shape index (κ3) is 3.54. The van der Waals surface area contributed by atoms with Crippen LogP contribution in [0.4, 0.5) is 0 Å². The van der Waals surface area contributed by atoms with Crippen molar-refractivity contribution in [3.63, 3.8) is 0 Å². The Morgan fingerprint density at radius 2 is 2.26 bits per heavy atom. The third-order valence-corrected chi connectivity index (χ3v) is 4.24. The van der Waals surface area contributed by atoms with Crippen molar-refractivity contribution < 1.29 is 0 Å². The first-order chi connectivity index (χ1) is 9.26. The lowest BCUT2D eigenvalue weighted by Crippen LogP contribution is -2.44. The van der Waals surface area contributed by atoms with Gasteiger partial charge in [-0.1, -0.05) is 25.8 Å². The fourth-order valence-electron chi connectivity index (χ4n) is 3.22. The van der Waals surface area contributed by atoms with Crippen molar-refractivity contribution in [2.24, 2.45) is 5.73 Å². The van der Waals surface area contributed by atoms with E-state index >= 15 is 0 Å². The number of piperidine rings is 1. The average Bonchev–Trinajstić information content (AvgIpc) is 2.44. The summed E-state index contributed by atoms with van der Waals surface area (Å²) in [5.74, 6) is 0. The SMILES string of the molecule is CCCC1CCCCN1C(CN)c1ccc(C)nc1. The summed E-state index contributed by atoms with van der Waals surface area (Å²) in [5.41, 5.74) is 8.41. The molecule has 2 atom stereocenters. The third-order valence-electron chi connectivity index (χ3n) is 4.24. The average molecular weight is 261 g/mol. The standard InChI is InChI=1S/C16H27N3/c1-3-6-15-7-4-5-10-19(15)16(11-17)14-9-8-13(2)18-12-14/h8-9,12,15-16H,3-7,10-11,17H2,1-2H3. The molecule has 1 aromatic rings. The lowest BCUT2D eigenvalue weighted by atomic mass is 9.94. The summed E-state index contributed by atoms with van der Waals surface area (Å²) in [6, 6.07) is 5.33. The van der Waals surface area contributed by atoms with Gasteiger partial charge in [0.05, 0.1) is 0 Å². The molecule has 0 spiro atoms. The summed E-state index contributed by atoms with van der Waals surface area (Å²) in [4.78, 5) is 7.06. The molecule has 0 saturated carbocycles. The number of aromatic nitrogens is 1. The van der Waals surface area contributed by atoms with E-state index in [1.54, 1.807) is 0 Å². The van der Waals surface area contributed by atoms with Crippen LogP contribution in [0.5, 0.6) is 0 Å². The first-order valence-corrected chi connectivity index (χ1v) is 7.64. The normalized spacial score (nSPS) is 22.4. The maximum Gasteiger partial charge on any atom is 0.0488 e. The smallest absolute Gasteiger partial charge is 0.0488 e. The van der Waals surface area contributed by atoms with E-state index in [9.17, 15) is 0 Å². The van der Waals surface area contributed by atoms with Crippen molar-refractivity contribution in [1.29, 1.82) is 0 Å². The highest BCUT2D eigenvalue weighted by atomic mass is 15.2. The number of nitrogens with zero attached hydrogens (tertiary/aromatic N) is 2. The fraction of sp³-hybridized carbons (Fsp3) is 0.688. The van der Waals surface area contributed by atoms with E-state index in [2.05, 4.69) is 28.9 Å². The van der Waals surface area contributed by atoms with Crippen LogP contribution >= 0.6 is 0 Å². The molecule has 0 amide bonds. The van der Waals surface area contributed by atoms with Crippen molar-refractivity contribution in [2.45, 2.75) is 58.0 Å². The monoisotopic (exact) mass is 261 g/mol. The molecule has 106 valence electrons. The van der Waals surface area contributed by atoms with Crippen molar-refractivity contribution in [1.82, 2.24) is 9.88 Å². The van der Waals surface area contributed by atoms with E-state index in [-0.39, 0.29) is 0 Å². The number of nitrogens with two attached hydrogens (primary N) is 1. The second-order valence-corrected chi connectivity index (χ2v) is 5.66. The predicted molar refractivity (Wildman–Crippen MR) is 80.0 cm³/mol. The Kier molecular flexibility index (Phi) is 5.34. The highest BCUT2D eigenvalue weighted by molar-refractivity contribution is 5.18. The van der Waals surface area contributed by atoms with Crippen LogP contribution in [0, 0.1) is 6.92 Å². The minimum absolute atomic E-state index is 0.338. The molecular formula is C16H27N3. The van der Waals surface area contributed by atoms with Crippen LogP contribution in [-0.4, -0.2) is 29.0 Å². The number of hydrogen-bond donors (Lipinski definition) is 1. The lowest BCUT2D eigenvalue weighted by Gasteiger charge is -2.41. The topological polar surface area (TPSA) is 42.1 Å². The van der Waals surface area contributed by atoms with Gasteiger partial charge in [0.1, 0.15) is 0 Å². The van der Waals surface area contributed by atoms with E-state index < -0.39 is 0 Å². The molecule has 2 heterocycles. The van der Waals surface area contributed by atoms with Gasteiger partial charge < -0.3 is 5.73 Å². The Morgan fingerprint density at radius 1 is 1.42 bits per heavy atom. The predicted octanol–water partition coefficient (Wildman–Crippen LogP) is 3.04. The Labute approximate surface area is 117 Å². The van der Waals surface area contributed by atoms with Crippen LogP contribution < -0.4 is 5.73 Å². The van der Waals surface area contributed by atoms with Crippen LogP contribution in [0.3, 0.4) is 0 Å². The fourth-order valence-corrected chi connectivity index (χ4v) is 3.22. The molecule has 2 unspecified atom stereocenters. The van der Waals surface area contributed by atoms with Gasteiger partial charge in [-0.05, 0) is 44.4 Å². The molecule has 1 fully saturated rings. The zero-order valence-corrected chi connectivity index (χ0v) is 12.3. The Morgan fingerprint density at radius 3 is 2.89 bits per heavy atom. The van der Waals surface area contributed by atoms with Gasteiger partial charge in [0.25, 0.3) is 0 Å². The van der Waals surface area contributed by atoms with Crippen molar-refractivity contribution in [3.8, 4) is 0 Å². The quantitative estimate of drug-likeness (QED) is 0.886. The van der Waals surface area contributed by atoms with Gasteiger partial charge in [-0.25, -0.2) is 0 Å². The summed E-state index contributed by atoms with van der Waals surface area (Å²) in [6.07, 6.45) is 8.54. The van der Waals surface area contributed by atoms with Gasteiger partial charge >= 0.3 is 0 Å². The number of hydrogen-bond acceptors (Lipinski definition) is 3. The summed E-state index contributed by atoms with van der Waals surface area (Å²) in [5, 5.41) is 0. The molecule has 3 heteroatoms. The Balaban J connectivity index is 2.16. The second-order valence-electron chi connectivity index (χ2n) is 5.66. The van der Waals surface area contributed by atoms with Gasteiger partial charge in [-0.3, -0.25) is 9.88 Å². The summed E-state index contributed by atoms with van der Waals surface area (Å²) in [6.45, 7) is 6.17. The zero-order chi connectivity index (χ0) is 13.7. The second kappa shape index (κ2) is 7.01. The zero-order valence-electron chi connectivity index (χ0n) is 12.3. The van der Waals surface area contributed by atoms with E-state index in [0.717, 1.165) is 5.69 Å². The lowest BCUT2D eigenvalue weighted by molar-refractivity contribution is 0.0911. The Bertz CT molecular complexity index is 372. The van der Waals surface area contributed by atoms with Gasteiger partial charge in [0.15, 0.2) is 0 Å². The Hall–Kier alpha value is -0.930. The van der Waals surface area contributed by atoms with Crippen molar-refractivity contribution in [2.75, 3.05) is 13.1 Å². The molecule has 0 aliphatic carbocycles. The summed E-state index contributed by atoms with van der Waals surface area (Å²) < 4.78 is 0. The number of aryl methyl sites for hydroxylation is 1. The van der Waals surface area contributed by atoms with Crippen LogP contribution in [-0.2, 0) is 0 Å². The molecule has 1 aliphatic heterocycles. The molecule has 0 bridgehead atoms. The maximum atomic E-state index is 6.06. The van der Waals surface area contributed by atoms with Crippen molar-refractivity contribution >= 4 is 0 Å². The van der Waals surface area contributed by atoms with Crippen LogP contribution in [0.15, 0.2) is 18.3 Å². The molecule has 2 rings (SSSR count). The van der Waals surface area contributed by atoms with Gasteiger partial charge in [0, 0.05) is 30.5 Å². The number of rotatable bonds is 5. The molecule has 19 heavy (non-hydrogen) atoms. The molecule has 1 aliphatic rings. The van der Waals surface area contributed by atoms with Crippen molar-refractivity contribution in [3.05, 3.63) is 29.6 Å². The van der Waals surface area contributed by atoms with Crippen LogP contribution in [0.1, 0.15) is 56.3 Å². The first kappa shape index (κ1) is 14.5. The van der Waals surface area contributed by atoms with Gasteiger partial charge in [-0.15, -0.1) is 0 Å². The minimum Gasteiger partial charge on any atom is -0.329 e. The molecule has 0 aromatic carbocycles. The number of likely N-dealkylation sites (tertiary alicyclic amines) is 1. The van der Waals surface area contributed by atoms with E-state index in [1.165, 1.54) is 44.2 Å². The first-order valence-electron chi connectivity index (χ1n) is 7.64. The van der Waals surface area contributed by atoms with E-state index in [0.29, 0.717) is 18.6 Å². The number of pyridine rings is 1. The molecule has 0 radical (unpaired) electrons. The highest BCUT2D eigenvalue weighted by Gasteiger charge is 2.28. The van der Waals surface area contributed by atoms with Gasteiger partial charge in [0.2, 0.25) is 0 Å². The van der Waals surface area contributed by atoms with Crippen LogP contribution in [0.25, 0.3) is 0 Å². The molecule has 1 saturated heterocycles. The van der Waals surface area contributed by atoms with E-state index in [1.807, 2.05) is 13.1 Å². The largest absolute Gasteiger partial charge is 0.329 e. The maximum absolute atomic E-state index is 6.06. The van der Waals surface area contributed by atoms with Crippen LogP contribution in [0.2, 0.25) is 0 Å². The molecule has 2 N–H and O–H groups in total. The molecule has 1 aromatic heterocycles. The summed E-state index contributed by atoms with van der Waals surface area (Å²) >= 11 is 0. The molecular weight excluding hydrogens is 234 g/mol. The van der Waals surface area contributed by atoms with Gasteiger partial charge in [-0.2, -0.15) is 0 Å².